The lowest BCUT2D eigenvalue weighted by atomic mass is 10.2. The monoisotopic (exact) mass is 250 g/mol. The molecule has 2 rings (SSSR count). The van der Waals surface area contributed by atoms with Crippen molar-refractivity contribution >= 4 is 10.0 Å². The van der Waals surface area contributed by atoms with E-state index in [4.69, 9.17) is 5.73 Å². The van der Waals surface area contributed by atoms with Gasteiger partial charge in [0.15, 0.2) is 0 Å². The maximum absolute atomic E-state index is 12.2. The summed E-state index contributed by atoms with van der Waals surface area (Å²) in [5.74, 6) is 0. The molecule has 0 amide bonds. The second-order valence-corrected chi connectivity index (χ2v) is 5.58. The van der Waals surface area contributed by atoms with Crippen LogP contribution in [0.4, 0.5) is 0 Å². The van der Waals surface area contributed by atoms with Crippen molar-refractivity contribution < 1.29 is 8.42 Å². The number of allylic oxidation sites excluding steroid dienone is 2. The van der Waals surface area contributed by atoms with Gasteiger partial charge in [-0.3, -0.25) is 4.31 Å². The zero-order valence-corrected chi connectivity index (χ0v) is 10.1. The van der Waals surface area contributed by atoms with Crippen LogP contribution in [0, 0.1) is 0 Å². The molecule has 0 fully saturated rings. The van der Waals surface area contributed by atoms with E-state index < -0.39 is 10.0 Å². The maximum Gasteiger partial charge on any atom is 0.264 e. The Morgan fingerprint density at radius 1 is 1.18 bits per heavy atom. The van der Waals surface area contributed by atoms with E-state index in [1.807, 2.05) is 6.08 Å². The molecule has 0 saturated carbocycles. The molecule has 90 valence electrons. The second kappa shape index (κ2) is 4.73. The largest absolute Gasteiger partial charge is 0.326 e. The Bertz CT molecular complexity index is 544. The number of nitrogens with two attached hydrogens (primary N) is 1. The molecular weight excluding hydrogens is 236 g/mol. The summed E-state index contributed by atoms with van der Waals surface area (Å²) in [5.41, 5.74) is 6.39. The fraction of sp³-hybridized carbons (Fsp3) is 0.167. The highest BCUT2D eigenvalue weighted by Crippen LogP contribution is 2.18. The van der Waals surface area contributed by atoms with Gasteiger partial charge in [-0.15, -0.1) is 0 Å². The standard InChI is InChI=1S/C12H14N2O2S/c13-10-11-4-6-12(7-5-11)17(15,16)14-8-2-1-3-9-14/h1-8H,9-10,13H2. The van der Waals surface area contributed by atoms with Crippen LogP contribution in [0.1, 0.15) is 5.56 Å². The summed E-state index contributed by atoms with van der Waals surface area (Å²) in [4.78, 5) is 0.287. The van der Waals surface area contributed by atoms with E-state index in [1.165, 1.54) is 4.31 Å². The average molecular weight is 250 g/mol. The normalized spacial score (nSPS) is 15.2. The van der Waals surface area contributed by atoms with Crippen LogP contribution in [0.15, 0.2) is 53.6 Å². The molecule has 5 heteroatoms. The van der Waals surface area contributed by atoms with Crippen molar-refractivity contribution in [2.75, 3.05) is 6.54 Å². The quantitative estimate of drug-likeness (QED) is 0.877. The Morgan fingerprint density at radius 3 is 2.41 bits per heavy atom. The molecule has 0 unspecified atom stereocenters. The van der Waals surface area contributed by atoms with Gasteiger partial charge in [0.05, 0.1) is 11.4 Å². The molecule has 1 aromatic rings. The van der Waals surface area contributed by atoms with Gasteiger partial charge in [0.1, 0.15) is 0 Å². The van der Waals surface area contributed by atoms with E-state index in [9.17, 15) is 8.42 Å². The number of benzene rings is 1. The van der Waals surface area contributed by atoms with Crippen molar-refractivity contribution in [1.82, 2.24) is 4.31 Å². The van der Waals surface area contributed by atoms with Gasteiger partial charge in [0, 0.05) is 12.7 Å². The molecule has 0 bridgehead atoms. The van der Waals surface area contributed by atoms with Crippen LogP contribution < -0.4 is 5.73 Å². The molecular formula is C12H14N2O2S. The number of hydrogen-bond acceptors (Lipinski definition) is 3. The minimum Gasteiger partial charge on any atom is -0.326 e. The lowest BCUT2D eigenvalue weighted by molar-refractivity contribution is 0.520. The molecule has 0 spiro atoms. The van der Waals surface area contributed by atoms with E-state index in [-0.39, 0.29) is 4.90 Å². The summed E-state index contributed by atoms with van der Waals surface area (Å²) < 4.78 is 25.7. The Morgan fingerprint density at radius 2 is 1.88 bits per heavy atom. The average Bonchev–Trinajstić information content (AvgIpc) is 2.40. The molecule has 4 nitrogen and oxygen atoms in total. The second-order valence-electron chi connectivity index (χ2n) is 3.69. The molecule has 0 saturated heterocycles. The van der Waals surface area contributed by atoms with Crippen LogP contribution in [0.25, 0.3) is 0 Å². The molecule has 0 aromatic heterocycles. The van der Waals surface area contributed by atoms with Crippen molar-refractivity contribution in [1.29, 1.82) is 0 Å². The maximum atomic E-state index is 12.2. The van der Waals surface area contributed by atoms with Gasteiger partial charge in [-0.2, -0.15) is 0 Å². The molecule has 1 aliphatic rings. The molecule has 0 radical (unpaired) electrons. The molecule has 1 aromatic carbocycles. The Kier molecular flexibility index (Phi) is 3.31. The van der Waals surface area contributed by atoms with Crippen molar-refractivity contribution in [2.45, 2.75) is 11.4 Å². The first-order valence-electron chi connectivity index (χ1n) is 5.29. The van der Waals surface area contributed by atoms with Crippen LogP contribution in [-0.4, -0.2) is 19.3 Å². The fourth-order valence-electron chi connectivity index (χ4n) is 1.56. The SMILES string of the molecule is NCc1ccc(S(=O)(=O)N2C=CC=CC2)cc1. The summed E-state index contributed by atoms with van der Waals surface area (Å²) in [5, 5.41) is 0. The van der Waals surface area contributed by atoms with Crippen LogP contribution >= 0.6 is 0 Å². The third-order valence-electron chi connectivity index (χ3n) is 2.55. The first-order chi connectivity index (χ1) is 8.14. The summed E-state index contributed by atoms with van der Waals surface area (Å²) in [7, 11) is -3.43. The van der Waals surface area contributed by atoms with Gasteiger partial charge in [-0.1, -0.05) is 24.3 Å². The zero-order chi connectivity index (χ0) is 12.3. The van der Waals surface area contributed by atoms with Crippen molar-refractivity contribution in [2.24, 2.45) is 5.73 Å². The number of rotatable bonds is 3. The lowest BCUT2D eigenvalue weighted by Crippen LogP contribution is -2.27. The highest BCUT2D eigenvalue weighted by atomic mass is 32.2. The fourth-order valence-corrected chi connectivity index (χ4v) is 2.82. The Hall–Kier alpha value is -1.59. The number of sulfonamides is 1. The minimum absolute atomic E-state index is 0.287. The van der Waals surface area contributed by atoms with E-state index in [0.717, 1.165) is 5.56 Å². The molecule has 1 heterocycles. The Balaban J connectivity index is 2.31. The first kappa shape index (κ1) is 11.9. The number of nitrogens with zero attached hydrogens (tertiary/aromatic N) is 1. The highest BCUT2D eigenvalue weighted by Gasteiger charge is 2.20. The first-order valence-corrected chi connectivity index (χ1v) is 6.73. The van der Waals surface area contributed by atoms with Crippen LogP contribution in [0.2, 0.25) is 0 Å². The summed E-state index contributed by atoms with van der Waals surface area (Å²) in [6.07, 6.45) is 6.89. The van der Waals surface area contributed by atoms with Crippen molar-refractivity contribution in [3.63, 3.8) is 0 Å². The van der Waals surface area contributed by atoms with Gasteiger partial charge in [-0.25, -0.2) is 8.42 Å². The van der Waals surface area contributed by atoms with Crippen molar-refractivity contribution in [3.8, 4) is 0 Å². The predicted octanol–water partition coefficient (Wildman–Crippen LogP) is 1.22. The van der Waals surface area contributed by atoms with Gasteiger partial charge in [-0.05, 0) is 23.8 Å². The van der Waals surface area contributed by atoms with E-state index >= 15 is 0 Å². The van der Waals surface area contributed by atoms with Crippen LogP contribution in [-0.2, 0) is 16.6 Å². The predicted molar refractivity (Wildman–Crippen MR) is 66.5 cm³/mol. The van der Waals surface area contributed by atoms with Gasteiger partial charge >= 0.3 is 0 Å². The summed E-state index contributed by atoms with van der Waals surface area (Å²) >= 11 is 0. The zero-order valence-electron chi connectivity index (χ0n) is 9.28. The van der Waals surface area contributed by atoms with E-state index in [2.05, 4.69) is 0 Å². The third kappa shape index (κ3) is 2.40. The molecule has 0 aliphatic carbocycles. The topological polar surface area (TPSA) is 63.4 Å². The van der Waals surface area contributed by atoms with Crippen LogP contribution in [0.5, 0.6) is 0 Å². The van der Waals surface area contributed by atoms with Crippen LogP contribution in [0.3, 0.4) is 0 Å². The third-order valence-corrected chi connectivity index (χ3v) is 4.31. The van der Waals surface area contributed by atoms with Gasteiger partial charge in [0.25, 0.3) is 10.0 Å². The van der Waals surface area contributed by atoms with E-state index in [0.29, 0.717) is 13.1 Å². The lowest BCUT2D eigenvalue weighted by Gasteiger charge is -2.20. The minimum atomic E-state index is -3.43. The molecule has 2 N–H and O–H groups in total. The Labute approximate surface area is 101 Å². The molecule has 17 heavy (non-hydrogen) atoms. The van der Waals surface area contributed by atoms with Crippen molar-refractivity contribution in [3.05, 3.63) is 54.3 Å². The van der Waals surface area contributed by atoms with Gasteiger partial charge < -0.3 is 5.73 Å². The number of hydrogen-bond donors (Lipinski definition) is 1. The summed E-state index contributed by atoms with van der Waals surface area (Å²) in [6, 6.07) is 6.64. The highest BCUT2D eigenvalue weighted by molar-refractivity contribution is 7.89. The molecule has 0 atom stereocenters. The smallest absolute Gasteiger partial charge is 0.264 e. The molecule has 1 aliphatic heterocycles. The summed E-state index contributed by atoms with van der Waals surface area (Å²) in [6.45, 7) is 0.782. The van der Waals surface area contributed by atoms with Gasteiger partial charge in [0.2, 0.25) is 0 Å². The van der Waals surface area contributed by atoms with E-state index in [1.54, 1.807) is 42.6 Å².